The number of β-amino-alcohol motifs (C(OH)–C–C–N with tert-alkyl or cyclic N) is 1. The van der Waals surface area contributed by atoms with Crippen LogP contribution in [0.2, 0.25) is 0 Å². The molecule has 0 aliphatic carbocycles. The Bertz CT molecular complexity index is 488. The van der Waals surface area contributed by atoms with E-state index in [4.69, 9.17) is 0 Å². The summed E-state index contributed by atoms with van der Waals surface area (Å²) in [7, 11) is 1.56. The predicted octanol–water partition coefficient (Wildman–Crippen LogP) is 0.346. The third kappa shape index (κ3) is 2.98. The molecule has 1 aliphatic heterocycles. The molecule has 0 spiro atoms. The standard InChI is InChI=1S/C12H16BrN3O3/c1-14-11(18)2-7-5-16(6-10(7)17)12(19)8-3-15-4-9(8)13/h3-4,7,10,15,17H,2,5-6H2,1H3,(H,14,18)/t7-,10-/m1/s1. The fourth-order valence-corrected chi connectivity index (χ4v) is 2.66. The highest BCUT2D eigenvalue weighted by molar-refractivity contribution is 9.10. The van der Waals surface area contributed by atoms with Crippen molar-refractivity contribution >= 4 is 27.7 Å². The molecule has 1 saturated heterocycles. The SMILES string of the molecule is CNC(=O)C[C@@H]1CN(C(=O)c2c[nH]cc2Br)C[C@H]1O. The van der Waals surface area contributed by atoms with Crippen molar-refractivity contribution in [2.45, 2.75) is 12.5 Å². The number of carbonyl (C=O) groups is 2. The number of hydrogen-bond acceptors (Lipinski definition) is 3. The fourth-order valence-electron chi connectivity index (χ4n) is 2.24. The molecule has 0 radical (unpaired) electrons. The first-order valence-electron chi connectivity index (χ1n) is 6.03. The molecule has 0 unspecified atom stereocenters. The summed E-state index contributed by atoms with van der Waals surface area (Å²) in [6.45, 7) is 0.656. The Kier molecular flexibility index (Phi) is 4.26. The largest absolute Gasteiger partial charge is 0.391 e. The van der Waals surface area contributed by atoms with Crippen LogP contribution in [0.1, 0.15) is 16.8 Å². The van der Waals surface area contributed by atoms with Crippen molar-refractivity contribution in [2.75, 3.05) is 20.1 Å². The van der Waals surface area contributed by atoms with Crippen LogP contribution in [0.4, 0.5) is 0 Å². The van der Waals surface area contributed by atoms with Crippen LogP contribution in [0.15, 0.2) is 16.9 Å². The van der Waals surface area contributed by atoms with E-state index in [9.17, 15) is 14.7 Å². The summed E-state index contributed by atoms with van der Waals surface area (Å²) >= 11 is 3.29. The van der Waals surface area contributed by atoms with Crippen LogP contribution in [0, 0.1) is 5.92 Å². The molecule has 0 bridgehead atoms. The second-order valence-electron chi connectivity index (χ2n) is 4.63. The predicted molar refractivity (Wildman–Crippen MR) is 72.6 cm³/mol. The Hall–Kier alpha value is -1.34. The van der Waals surface area contributed by atoms with Crippen molar-refractivity contribution in [1.82, 2.24) is 15.2 Å². The number of aliphatic hydroxyl groups is 1. The van der Waals surface area contributed by atoms with Crippen LogP contribution in [0.3, 0.4) is 0 Å². The van der Waals surface area contributed by atoms with Crippen molar-refractivity contribution < 1.29 is 14.7 Å². The van der Waals surface area contributed by atoms with E-state index in [2.05, 4.69) is 26.2 Å². The normalized spacial score (nSPS) is 22.6. The molecular formula is C12H16BrN3O3. The van der Waals surface area contributed by atoms with Gasteiger partial charge in [-0.3, -0.25) is 9.59 Å². The Morgan fingerprint density at radius 3 is 2.84 bits per heavy atom. The second kappa shape index (κ2) is 5.75. The Morgan fingerprint density at radius 2 is 2.26 bits per heavy atom. The smallest absolute Gasteiger partial charge is 0.256 e. The van der Waals surface area contributed by atoms with Gasteiger partial charge in [-0.15, -0.1) is 0 Å². The van der Waals surface area contributed by atoms with Crippen molar-refractivity contribution in [2.24, 2.45) is 5.92 Å². The lowest BCUT2D eigenvalue weighted by Crippen LogP contribution is -2.29. The lowest BCUT2D eigenvalue weighted by molar-refractivity contribution is -0.122. The Morgan fingerprint density at radius 1 is 1.53 bits per heavy atom. The van der Waals surface area contributed by atoms with Crippen LogP contribution in [0.25, 0.3) is 0 Å². The summed E-state index contributed by atoms with van der Waals surface area (Å²) < 4.78 is 0.696. The molecule has 7 heteroatoms. The van der Waals surface area contributed by atoms with Crippen molar-refractivity contribution in [3.05, 3.63) is 22.4 Å². The molecule has 6 nitrogen and oxygen atoms in total. The summed E-state index contributed by atoms with van der Waals surface area (Å²) in [4.78, 5) is 28.0. The number of aromatic amines is 1. The van der Waals surface area contributed by atoms with Gasteiger partial charge in [-0.2, -0.15) is 0 Å². The van der Waals surface area contributed by atoms with Crippen LogP contribution < -0.4 is 5.32 Å². The minimum atomic E-state index is -0.654. The third-order valence-electron chi connectivity index (χ3n) is 3.35. The molecule has 0 saturated carbocycles. The lowest BCUT2D eigenvalue weighted by atomic mass is 10.0. The monoisotopic (exact) mass is 329 g/mol. The van der Waals surface area contributed by atoms with Gasteiger partial charge in [0.2, 0.25) is 5.91 Å². The second-order valence-corrected chi connectivity index (χ2v) is 5.49. The third-order valence-corrected chi connectivity index (χ3v) is 4.00. The topological polar surface area (TPSA) is 85.4 Å². The summed E-state index contributed by atoms with van der Waals surface area (Å²) in [6, 6.07) is 0. The fraction of sp³-hybridized carbons (Fsp3) is 0.500. The molecule has 1 aromatic rings. The minimum Gasteiger partial charge on any atom is -0.391 e. The van der Waals surface area contributed by atoms with Crippen molar-refractivity contribution in [3.63, 3.8) is 0 Å². The quantitative estimate of drug-likeness (QED) is 0.747. The van der Waals surface area contributed by atoms with E-state index < -0.39 is 6.10 Å². The van der Waals surface area contributed by atoms with Gasteiger partial charge in [-0.1, -0.05) is 0 Å². The summed E-state index contributed by atoms with van der Waals surface area (Å²) in [5, 5.41) is 12.5. The van der Waals surface area contributed by atoms with E-state index in [-0.39, 0.29) is 30.7 Å². The number of amides is 2. The molecule has 0 aromatic carbocycles. The zero-order chi connectivity index (χ0) is 14.0. The van der Waals surface area contributed by atoms with Gasteiger partial charge < -0.3 is 20.3 Å². The van der Waals surface area contributed by atoms with E-state index in [1.54, 1.807) is 24.3 Å². The summed E-state index contributed by atoms with van der Waals surface area (Å²) in [5.41, 5.74) is 0.535. The highest BCUT2D eigenvalue weighted by Crippen LogP contribution is 2.24. The Balaban J connectivity index is 2.03. The molecule has 1 fully saturated rings. The van der Waals surface area contributed by atoms with Gasteiger partial charge in [0, 0.05) is 49.3 Å². The van der Waals surface area contributed by atoms with E-state index in [1.807, 2.05) is 0 Å². The zero-order valence-electron chi connectivity index (χ0n) is 10.5. The molecule has 2 rings (SSSR count). The van der Waals surface area contributed by atoms with Crippen LogP contribution >= 0.6 is 15.9 Å². The number of carbonyl (C=O) groups excluding carboxylic acids is 2. The number of hydrogen-bond donors (Lipinski definition) is 3. The number of aromatic nitrogens is 1. The van der Waals surface area contributed by atoms with Gasteiger partial charge in [0.1, 0.15) is 0 Å². The number of nitrogens with one attached hydrogen (secondary N) is 2. The molecule has 2 amide bonds. The van der Waals surface area contributed by atoms with E-state index in [0.717, 1.165) is 0 Å². The van der Waals surface area contributed by atoms with Gasteiger partial charge in [0.05, 0.1) is 11.7 Å². The number of likely N-dealkylation sites (tertiary alicyclic amines) is 1. The molecule has 19 heavy (non-hydrogen) atoms. The molecule has 2 heterocycles. The molecule has 2 atom stereocenters. The molecule has 104 valence electrons. The highest BCUT2D eigenvalue weighted by atomic mass is 79.9. The minimum absolute atomic E-state index is 0.124. The molecule has 3 N–H and O–H groups in total. The van der Waals surface area contributed by atoms with Crippen molar-refractivity contribution in [3.8, 4) is 0 Å². The van der Waals surface area contributed by atoms with Crippen LogP contribution in [-0.4, -0.2) is 53.0 Å². The average molecular weight is 330 g/mol. The zero-order valence-corrected chi connectivity index (χ0v) is 12.1. The molecule has 1 aromatic heterocycles. The maximum atomic E-state index is 12.2. The lowest BCUT2D eigenvalue weighted by Gasteiger charge is -2.15. The first-order valence-corrected chi connectivity index (χ1v) is 6.82. The average Bonchev–Trinajstić information content (AvgIpc) is 2.95. The molecule has 1 aliphatic rings. The maximum Gasteiger partial charge on any atom is 0.256 e. The van der Waals surface area contributed by atoms with E-state index in [1.165, 1.54) is 0 Å². The van der Waals surface area contributed by atoms with Gasteiger partial charge in [0.25, 0.3) is 5.91 Å². The first kappa shape index (κ1) is 14.1. The first-order chi connectivity index (χ1) is 9.02. The maximum absolute atomic E-state index is 12.2. The number of rotatable bonds is 3. The van der Waals surface area contributed by atoms with Gasteiger partial charge in [-0.25, -0.2) is 0 Å². The number of aliphatic hydroxyl groups excluding tert-OH is 1. The highest BCUT2D eigenvalue weighted by Gasteiger charge is 2.35. The van der Waals surface area contributed by atoms with Crippen LogP contribution in [-0.2, 0) is 4.79 Å². The van der Waals surface area contributed by atoms with Gasteiger partial charge in [-0.05, 0) is 15.9 Å². The van der Waals surface area contributed by atoms with E-state index >= 15 is 0 Å². The molecular weight excluding hydrogens is 314 g/mol. The van der Waals surface area contributed by atoms with E-state index in [0.29, 0.717) is 16.6 Å². The van der Waals surface area contributed by atoms with Crippen LogP contribution in [0.5, 0.6) is 0 Å². The number of halogens is 1. The van der Waals surface area contributed by atoms with Crippen molar-refractivity contribution in [1.29, 1.82) is 0 Å². The summed E-state index contributed by atoms with van der Waals surface area (Å²) in [5.74, 6) is -0.477. The Labute approximate surface area is 119 Å². The number of H-pyrrole nitrogens is 1. The number of nitrogens with zero attached hydrogens (tertiary/aromatic N) is 1. The van der Waals surface area contributed by atoms with Gasteiger partial charge in [0.15, 0.2) is 0 Å². The van der Waals surface area contributed by atoms with Gasteiger partial charge >= 0.3 is 0 Å². The summed E-state index contributed by atoms with van der Waals surface area (Å²) in [6.07, 6.45) is 2.88.